The molecule has 1 N–H and O–H groups in total. The quantitative estimate of drug-likeness (QED) is 0.774. The van der Waals surface area contributed by atoms with E-state index >= 15 is 0 Å². The maximum Gasteiger partial charge on any atom is 0.148 e. The number of halogens is 2. The van der Waals surface area contributed by atoms with Crippen molar-refractivity contribution < 1.29 is 0 Å². The SMILES string of the molecule is N#Cc1c(Br)nn2c1Nc1ccc(Br)cc1CC2. The zero-order valence-corrected chi connectivity index (χ0v) is 12.4. The number of hydrogen-bond acceptors (Lipinski definition) is 3. The molecule has 0 saturated heterocycles. The lowest BCUT2D eigenvalue weighted by atomic mass is 10.1. The number of aromatic nitrogens is 2. The van der Waals surface area contributed by atoms with Gasteiger partial charge in [-0.15, -0.1) is 0 Å². The zero-order chi connectivity index (χ0) is 12.7. The molecule has 0 saturated carbocycles. The van der Waals surface area contributed by atoms with Crippen molar-refractivity contribution in [3.63, 3.8) is 0 Å². The fourth-order valence-electron chi connectivity index (χ4n) is 2.07. The second-order valence-electron chi connectivity index (χ2n) is 4.03. The van der Waals surface area contributed by atoms with E-state index in [1.807, 2.05) is 16.8 Å². The first-order chi connectivity index (χ1) is 8.69. The summed E-state index contributed by atoms with van der Waals surface area (Å²) < 4.78 is 3.48. The third-order valence-corrected chi connectivity index (χ3v) is 3.98. The molecule has 0 radical (unpaired) electrons. The Morgan fingerprint density at radius 2 is 2.22 bits per heavy atom. The Bertz CT molecular complexity index is 669. The van der Waals surface area contributed by atoms with E-state index in [9.17, 15) is 0 Å². The highest BCUT2D eigenvalue weighted by molar-refractivity contribution is 9.10. The number of nitrogens with zero attached hydrogens (tertiary/aromatic N) is 3. The number of fused-ring (bicyclic) bond motifs is 2. The van der Waals surface area contributed by atoms with Crippen LogP contribution in [0.15, 0.2) is 27.3 Å². The lowest BCUT2D eigenvalue weighted by molar-refractivity contribution is 0.626. The predicted molar refractivity (Wildman–Crippen MR) is 75.8 cm³/mol. The van der Waals surface area contributed by atoms with Crippen LogP contribution in [0.1, 0.15) is 11.1 Å². The van der Waals surface area contributed by atoms with E-state index < -0.39 is 0 Å². The molecule has 0 spiro atoms. The van der Waals surface area contributed by atoms with Gasteiger partial charge in [0, 0.05) is 16.7 Å². The molecule has 0 aliphatic carbocycles. The average Bonchev–Trinajstić information content (AvgIpc) is 2.54. The highest BCUT2D eigenvalue weighted by Gasteiger charge is 2.20. The first-order valence-corrected chi connectivity index (χ1v) is 6.99. The molecule has 0 fully saturated rings. The monoisotopic (exact) mass is 366 g/mol. The van der Waals surface area contributed by atoms with Crippen LogP contribution in [0.25, 0.3) is 0 Å². The molecule has 1 aromatic heterocycles. The molecule has 0 amide bonds. The fraction of sp³-hybridized carbons (Fsp3) is 0.167. The Balaban J connectivity index is 2.13. The highest BCUT2D eigenvalue weighted by Crippen LogP contribution is 2.32. The molecule has 0 unspecified atom stereocenters. The summed E-state index contributed by atoms with van der Waals surface area (Å²) >= 11 is 6.78. The van der Waals surface area contributed by atoms with Crippen LogP contribution in [0.4, 0.5) is 11.5 Å². The van der Waals surface area contributed by atoms with Gasteiger partial charge in [-0.25, -0.2) is 4.68 Å². The molecule has 0 bridgehead atoms. The normalized spacial score (nSPS) is 12.9. The van der Waals surface area contributed by atoms with Crippen molar-refractivity contribution in [2.45, 2.75) is 13.0 Å². The van der Waals surface area contributed by atoms with Crippen LogP contribution in [-0.2, 0) is 13.0 Å². The van der Waals surface area contributed by atoms with Crippen molar-refractivity contribution in [1.82, 2.24) is 9.78 Å². The van der Waals surface area contributed by atoms with E-state index in [2.05, 4.69) is 54.4 Å². The summed E-state index contributed by atoms with van der Waals surface area (Å²) in [5.74, 6) is 0.755. The molecule has 3 rings (SSSR count). The van der Waals surface area contributed by atoms with Gasteiger partial charge in [0.05, 0.1) is 0 Å². The van der Waals surface area contributed by atoms with Crippen LogP contribution in [0.3, 0.4) is 0 Å². The third kappa shape index (κ3) is 1.84. The minimum Gasteiger partial charge on any atom is -0.339 e. The van der Waals surface area contributed by atoms with Gasteiger partial charge in [0.2, 0.25) is 0 Å². The lowest BCUT2D eigenvalue weighted by Gasteiger charge is -2.07. The summed E-state index contributed by atoms with van der Waals surface area (Å²) in [7, 11) is 0. The van der Waals surface area contributed by atoms with Crippen molar-refractivity contribution in [2.24, 2.45) is 0 Å². The summed E-state index contributed by atoms with van der Waals surface area (Å²) in [6.07, 6.45) is 0.883. The minimum absolute atomic E-state index is 0.547. The van der Waals surface area contributed by atoms with Gasteiger partial charge in [0.15, 0.2) is 0 Å². The topological polar surface area (TPSA) is 53.6 Å². The third-order valence-electron chi connectivity index (χ3n) is 2.93. The molecule has 4 nitrogen and oxygen atoms in total. The molecule has 18 heavy (non-hydrogen) atoms. The number of anilines is 2. The van der Waals surface area contributed by atoms with Crippen LogP contribution < -0.4 is 5.32 Å². The summed E-state index contributed by atoms with van der Waals surface area (Å²) in [6.45, 7) is 0.756. The Hall–Kier alpha value is -1.32. The van der Waals surface area contributed by atoms with Gasteiger partial charge in [-0.05, 0) is 46.1 Å². The van der Waals surface area contributed by atoms with Gasteiger partial charge in [-0.1, -0.05) is 15.9 Å². The van der Waals surface area contributed by atoms with Crippen LogP contribution in [-0.4, -0.2) is 9.78 Å². The van der Waals surface area contributed by atoms with E-state index in [1.165, 1.54) is 5.56 Å². The standard InChI is InChI=1S/C12H8Br2N4/c13-8-1-2-10-7(5-8)3-4-18-12(16-10)9(6-15)11(14)17-18/h1-2,5,16H,3-4H2. The van der Waals surface area contributed by atoms with Gasteiger partial charge in [0.25, 0.3) is 0 Å². The Labute approximate surface area is 121 Å². The Morgan fingerprint density at radius 1 is 1.39 bits per heavy atom. The van der Waals surface area contributed by atoms with Crippen LogP contribution >= 0.6 is 31.9 Å². The van der Waals surface area contributed by atoms with Crippen LogP contribution in [0.5, 0.6) is 0 Å². The molecule has 1 aliphatic rings. The molecular formula is C12H8Br2N4. The van der Waals surface area contributed by atoms with Crippen LogP contribution in [0.2, 0.25) is 0 Å². The highest BCUT2D eigenvalue weighted by atomic mass is 79.9. The molecule has 2 aromatic rings. The van der Waals surface area contributed by atoms with Gasteiger partial charge in [0.1, 0.15) is 22.1 Å². The van der Waals surface area contributed by atoms with E-state index in [1.54, 1.807) is 0 Å². The van der Waals surface area contributed by atoms with E-state index in [0.29, 0.717) is 10.2 Å². The van der Waals surface area contributed by atoms with Crippen molar-refractivity contribution in [3.8, 4) is 6.07 Å². The molecule has 0 atom stereocenters. The Kier molecular flexibility index (Phi) is 2.88. The predicted octanol–water partition coefficient (Wildman–Crippen LogP) is 3.58. The second-order valence-corrected chi connectivity index (χ2v) is 5.69. The van der Waals surface area contributed by atoms with Crippen molar-refractivity contribution in [1.29, 1.82) is 5.26 Å². The number of nitriles is 1. The Morgan fingerprint density at radius 3 is 3.00 bits per heavy atom. The van der Waals surface area contributed by atoms with E-state index in [-0.39, 0.29) is 0 Å². The largest absolute Gasteiger partial charge is 0.339 e. The summed E-state index contributed by atoms with van der Waals surface area (Å²) in [6, 6.07) is 8.26. The number of rotatable bonds is 0. The molecular weight excluding hydrogens is 360 g/mol. The summed E-state index contributed by atoms with van der Waals surface area (Å²) in [5.41, 5.74) is 2.79. The maximum absolute atomic E-state index is 9.17. The molecule has 2 heterocycles. The molecule has 6 heteroatoms. The van der Waals surface area contributed by atoms with Gasteiger partial charge < -0.3 is 5.32 Å². The van der Waals surface area contributed by atoms with Crippen molar-refractivity contribution in [3.05, 3.63) is 38.4 Å². The molecule has 1 aromatic carbocycles. The fourth-order valence-corrected chi connectivity index (χ4v) is 2.94. The van der Waals surface area contributed by atoms with Crippen molar-refractivity contribution in [2.75, 3.05) is 5.32 Å². The lowest BCUT2D eigenvalue weighted by Crippen LogP contribution is -2.02. The smallest absolute Gasteiger partial charge is 0.148 e. The average molecular weight is 368 g/mol. The van der Waals surface area contributed by atoms with Gasteiger partial charge in [-0.2, -0.15) is 10.4 Å². The number of nitrogens with one attached hydrogen (secondary N) is 1. The summed E-state index contributed by atoms with van der Waals surface area (Å²) in [4.78, 5) is 0. The maximum atomic E-state index is 9.17. The molecule has 90 valence electrons. The van der Waals surface area contributed by atoms with Crippen LogP contribution in [0, 0.1) is 11.3 Å². The van der Waals surface area contributed by atoms with Gasteiger partial charge in [-0.3, -0.25) is 0 Å². The molecule has 1 aliphatic heterocycles. The van der Waals surface area contributed by atoms with Gasteiger partial charge >= 0.3 is 0 Å². The minimum atomic E-state index is 0.547. The van der Waals surface area contributed by atoms with Crippen molar-refractivity contribution >= 4 is 43.4 Å². The summed E-state index contributed by atoms with van der Waals surface area (Å²) in [5, 5.41) is 16.8. The second kappa shape index (κ2) is 4.41. The van der Waals surface area contributed by atoms with E-state index in [0.717, 1.165) is 28.9 Å². The number of hydrogen-bond donors (Lipinski definition) is 1. The first-order valence-electron chi connectivity index (χ1n) is 5.41. The zero-order valence-electron chi connectivity index (χ0n) is 9.24. The first kappa shape index (κ1) is 11.8. The van der Waals surface area contributed by atoms with E-state index in [4.69, 9.17) is 5.26 Å². The number of benzene rings is 1. The number of aryl methyl sites for hydroxylation is 2.